The number of aliphatic carboxylic acids is 1. The third-order valence-electron chi connectivity index (χ3n) is 2.67. The largest absolute Gasteiger partial charge is 0.481 e. The summed E-state index contributed by atoms with van der Waals surface area (Å²) in [6, 6.07) is 5.29. The van der Waals surface area contributed by atoms with Crippen molar-refractivity contribution < 1.29 is 19.4 Å². The fraction of sp³-hybridized carbons (Fsp3) is 0.364. The Hall–Kier alpha value is -1.46. The zero-order valence-corrected chi connectivity index (χ0v) is 8.69. The summed E-state index contributed by atoms with van der Waals surface area (Å²) in [5.74, 6) is -1.68. The van der Waals surface area contributed by atoms with Gasteiger partial charge in [0.2, 0.25) is 0 Å². The normalized spacial score (nSPS) is 14.4. The molecule has 0 spiro atoms. The van der Waals surface area contributed by atoms with Crippen LogP contribution in [0.2, 0.25) is 0 Å². The molecule has 0 fully saturated rings. The van der Waals surface area contributed by atoms with Crippen molar-refractivity contribution in [3.63, 3.8) is 0 Å². The fourth-order valence-electron chi connectivity index (χ4n) is 1.66. The SMILES string of the molecule is NCC(CCO)(C(=O)O)c1cccc(F)c1. The Bertz CT molecular complexity index is 383. The second-order valence-corrected chi connectivity index (χ2v) is 3.58. The van der Waals surface area contributed by atoms with E-state index in [0.29, 0.717) is 0 Å². The summed E-state index contributed by atoms with van der Waals surface area (Å²) in [7, 11) is 0. The highest BCUT2D eigenvalue weighted by atomic mass is 19.1. The molecule has 88 valence electrons. The van der Waals surface area contributed by atoms with E-state index in [-0.39, 0.29) is 25.1 Å². The van der Waals surface area contributed by atoms with E-state index < -0.39 is 17.2 Å². The summed E-state index contributed by atoms with van der Waals surface area (Å²) in [6.07, 6.45) is -0.0394. The lowest BCUT2D eigenvalue weighted by molar-refractivity contribution is -0.144. The summed E-state index contributed by atoms with van der Waals surface area (Å²) >= 11 is 0. The fourth-order valence-corrected chi connectivity index (χ4v) is 1.66. The van der Waals surface area contributed by atoms with Crippen LogP contribution in [0.15, 0.2) is 24.3 Å². The quantitative estimate of drug-likeness (QED) is 0.683. The van der Waals surface area contributed by atoms with Gasteiger partial charge in [-0.3, -0.25) is 4.79 Å². The number of rotatable bonds is 5. The number of carboxylic acid groups (broad SMARTS) is 1. The van der Waals surface area contributed by atoms with Crippen molar-refractivity contribution in [2.24, 2.45) is 5.73 Å². The van der Waals surface area contributed by atoms with Crippen LogP contribution < -0.4 is 5.73 Å². The maximum Gasteiger partial charge on any atom is 0.315 e. The molecule has 0 aromatic heterocycles. The van der Waals surface area contributed by atoms with Gasteiger partial charge in [-0.05, 0) is 24.1 Å². The van der Waals surface area contributed by atoms with Crippen LogP contribution in [-0.4, -0.2) is 29.3 Å². The van der Waals surface area contributed by atoms with E-state index in [9.17, 15) is 14.3 Å². The van der Waals surface area contributed by atoms with Crippen molar-refractivity contribution in [3.8, 4) is 0 Å². The van der Waals surface area contributed by atoms with E-state index in [1.165, 1.54) is 18.2 Å². The average Bonchev–Trinajstić information content (AvgIpc) is 2.25. The summed E-state index contributed by atoms with van der Waals surface area (Å²) in [5, 5.41) is 18.1. The molecule has 4 N–H and O–H groups in total. The number of hydrogen-bond acceptors (Lipinski definition) is 3. The van der Waals surface area contributed by atoms with Crippen LogP contribution in [0, 0.1) is 5.82 Å². The van der Waals surface area contributed by atoms with Gasteiger partial charge < -0.3 is 15.9 Å². The number of benzene rings is 1. The van der Waals surface area contributed by atoms with E-state index in [1.54, 1.807) is 0 Å². The molecule has 0 aliphatic heterocycles. The van der Waals surface area contributed by atoms with E-state index >= 15 is 0 Å². The van der Waals surface area contributed by atoms with Crippen LogP contribution in [-0.2, 0) is 10.2 Å². The molecular formula is C11H14FNO3. The lowest BCUT2D eigenvalue weighted by atomic mass is 9.78. The van der Waals surface area contributed by atoms with Gasteiger partial charge in [0.05, 0.1) is 0 Å². The van der Waals surface area contributed by atoms with Crippen molar-refractivity contribution in [1.82, 2.24) is 0 Å². The molecule has 0 radical (unpaired) electrons. The number of nitrogens with two attached hydrogens (primary N) is 1. The molecule has 0 bridgehead atoms. The van der Waals surface area contributed by atoms with Crippen LogP contribution in [0.5, 0.6) is 0 Å². The molecule has 0 aliphatic rings. The smallest absolute Gasteiger partial charge is 0.315 e. The van der Waals surface area contributed by atoms with Crippen molar-refractivity contribution >= 4 is 5.97 Å². The lowest BCUT2D eigenvalue weighted by Gasteiger charge is -2.27. The molecule has 16 heavy (non-hydrogen) atoms. The molecule has 4 nitrogen and oxygen atoms in total. The van der Waals surface area contributed by atoms with Crippen LogP contribution >= 0.6 is 0 Å². The van der Waals surface area contributed by atoms with Gasteiger partial charge in [-0.2, -0.15) is 0 Å². The number of halogens is 1. The molecule has 1 aromatic carbocycles. The monoisotopic (exact) mass is 227 g/mol. The van der Waals surface area contributed by atoms with E-state index in [1.807, 2.05) is 0 Å². The van der Waals surface area contributed by atoms with Crippen LogP contribution in [0.1, 0.15) is 12.0 Å². The van der Waals surface area contributed by atoms with E-state index in [4.69, 9.17) is 10.8 Å². The van der Waals surface area contributed by atoms with Crippen molar-refractivity contribution in [2.45, 2.75) is 11.8 Å². The predicted octanol–water partition coefficient (Wildman–Crippen LogP) is 0.489. The highest BCUT2D eigenvalue weighted by Crippen LogP contribution is 2.27. The van der Waals surface area contributed by atoms with Gasteiger partial charge in [0.1, 0.15) is 11.2 Å². The molecule has 0 aliphatic carbocycles. The maximum atomic E-state index is 13.0. The topological polar surface area (TPSA) is 83.5 Å². The first-order chi connectivity index (χ1) is 7.56. The molecule has 1 rings (SSSR count). The van der Waals surface area contributed by atoms with Gasteiger partial charge in [-0.15, -0.1) is 0 Å². The minimum atomic E-state index is -1.42. The summed E-state index contributed by atoms with van der Waals surface area (Å²) < 4.78 is 13.0. The molecule has 1 atom stereocenters. The van der Waals surface area contributed by atoms with Gasteiger partial charge in [0.15, 0.2) is 0 Å². The summed E-state index contributed by atoms with van der Waals surface area (Å²) in [5.41, 5.74) is 4.32. The zero-order valence-electron chi connectivity index (χ0n) is 8.69. The number of carbonyl (C=O) groups is 1. The first-order valence-corrected chi connectivity index (χ1v) is 4.87. The van der Waals surface area contributed by atoms with E-state index in [0.717, 1.165) is 6.07 Å². The lowest BCUT2D eigenvalue weighted by Crippen LogP contribution is -2.43. The molecule has 0 heterocycles. The Kier molecular flexibility index (Phi) is 3.98. The van der Waals surface area contributed by atoms with Crippen molar-refractivity contribution in [1.29, 1.82) is 0 Å². The number of hydrogen-bond donors (Lipinski definition) is 3. The first kappa shape index (κ1) is 12.6. The Morgan fingerprint density at radius 1 is 1.50 bits per heavy atom. The first-order valence-electron chi connectivity index (χ1n) is 4.87. The zero-order chi connectivity index (χ0) is 12.2. The minimum Gasteiger partial charge on any atom is -0.481 e. The van der Waals surface area contributed by atoms with Gasteiger partial charge in [-0.25, -0.2) is 4.39 Å². The Balaban J connectivity index is 3.24. The number of aliphatic hydroxyl groups excluding tert-OH is 1. The second kappa shape index (κ2) is 5.05. The molecule has 0 amide bonds. The standard InChI is InChI=1S/C11H14FNO3/c12-9-3-1-2-8(6-9)11(7-13,4-5-14)10(15)16/h1-3,6,14H,4-5,7,13H2,(H,15,16). The molecule has 0 saturated heterocycles. The highest BCUT2D eigenvalue weighted by molar-refractivity contribution is 5.81. The Morgan fingerprint density at radius 3 is 2.62 bits per heavy atom. The predicted molar refractivity (Wildman–Crippen MR) is 56.5 cm³/mol. The molecule has 0 saturated carbocycles. The second-order valence-electron chi connectivity index (χ2n) is 3.58. The molecule has 1 unspecified atom stereocenters. The van der Waals surface area contributed by atoms with Crippen molar-refractivity contribution in [3.05, 3.63) is 35.6 Å². The van der Waals surface area contributed by atoms with Gasteiger partial charge in [0.25, 0.3) is 0 Å². The van der Waals surface area contributed by atoms with Crippen LogP contribution in [0.4, 0.5) is 4.39 Å². The van der Waals surface area contributed by atoms with Crippen LogP contribution in [0.3, 0.4) is 0 Å². The van der Waals surface area contributed by atoms with Gasteiger partial charge in [-0.1, -0.05) is 12.1 Å². The third-order valence-corrected chi connectivity index (χ3v) is 2.67. The average molecular weight is 227 g/mol. The number of aliphatic hydroxyl groups is 1. The molecule has 1 aromatic rings. The highest BCUT2D eigenvalue weighted by Gasteiger charge is 2.38. The Labute approximate surface area is 92.5 Å². The van der Waals surface area contributed by atoms with Crippen LogP contribution in [0.25, 0.3) is 0 Å². The minimum absolute atomic E-state index is 0.0394. The number of carboxylic acids is 1. The summed E-state index contributed by atoms with van der Waals surface area (Å²) in [6.45, 7) is -0.508. The maximum absolute atomic E-state index is 13.0. The summed E-state index contributed by atoms with van der Waals surface area (Å²) in [4.78, 5) is 11.2. The van der Waals surface area contributed by atoms with E-state index in [2.05, 4.69) is 0 Å². The third kappa shape index (κ3) is 2.20. The molecular weight excluding hydrogens is 213 g/mol. The van der Waals surface area contributed by atoms with Gasteiger partial charge >= 0.3 is 5.97 Å². The molecule has 5 heteroatoms. The Morgan fingerprint density at radius 2 is 2.19 bits per heavy atom. The van der Waals surface area contributed by atoms with Gasteiger partial charge in [0, 0.05) is 13.2 Å². The van der Waals surface area contributed by atoms with Crippen molar-refractivity contribution in [2.75, 3.05) is 13.2 Å².